The highest BCUT2D eigenvalue weighted by atomic mass is 16.2. The van der Waals surface area contributed by atoms with Gasteiger partial charge in [-0.1, -0.05) is 5.92 Å². The summed E-state index contributed by atoms with van der Waals surface area (Å²) >= 11 is 0. The molecule has 1 aromatic carbocycles. The van der Waals surface area contributed by atoms with Gasteiger partial charge >= 0.3 is 0 Å². The zero-order valence-electron chi connectivity index (χ0n) is 14.0. The molecule has 2 heterocycles. The third kappa shape index (κ3) is 3.44. The van der Waals surface area contributed by atoms with Gasteiger partial charge in [-0.15, -0.1) is 6.42 Å². The summed E-state index contributed by atoms with van der Waals surface area (Å²) in [5.74, 6) is 2.91. The molecule has 1 N–H and O–H groups in total. The Morgan fingerprint density at radius 1 is 1.33 bits per heavy atom. The molecule has 0 aromatic heterocycles. The number of nitrogens with zero attached hydrogens (tertiary/aromatic N) is 2. The summed E-state index contributed by atoms with van der Waals surface area (Å²) in [5, 5.41) is 3.03. The molecule has 0 saturated carbocycles. The van der Waals surface area contributed by atoms with Gasteiger partial charge in [-0.25, -0.2) is 0 Å². The molecule has 24 heavy (non-hydrogen) atoms. The van der Waals surface area contributed by atoms with Crippen LogP contribution in [0.15, 0.2) is 18.2 Å². The van der Waals surface area contributed by atoms with E-state index in [4.69, 9.17) is 6.42 Å². The topological polar surface area (TPSA) is 52.7 Å². The SMILES string of the molecule is C#CCN1CCC(C(=O)Nc2ccc3c(c2)CCC(=O)N3C)CC1. The largest absolute Gasteiger partial charge is 0.326 e. The molecule has 0 atom stereocenters. The maximum atomic E-state index is 12.5. The first-order valence-corrected chi connectivity index (χ1v) is 8.44. The summed E-state index contributed by atoms with van der Waals surface area (Å²) in [7, 11) is 1.79. The Morgan fingerprint density at radius 2 is 2.08 bits per heavy atom. The Bertz CT molecular complexity index is 684. The van der Waals surface area contributed by atoms with Gasteiger partial charge in [0, 0.05) is 30.8 Å². The summed E-state index contributed by atoms with van der Waals surface area (Å²) in [5.41, 5.74) is 2.86. The van der Waals surface area contributed by atoms with Crippen LogP contribution in [0.2, 0.25) is 0 Å². The minimum Gasteiger partial charge on any atom is -0.326 e. The van der Waals surface area contributed by atoms with E-state index in [1.807, 2.05) is 18.2 Å². The number of benzene rings is 1. The molecule has 1 saturated heterocycles. The van der Waals surface area contributed by atoms with Gasteiger partial charge in [-0.05, 0) is 56.1 Å². The second kappa shape index (κ2) is 7.06. The molecule has 0 unspecified atom stereocenters. The number of likely N-dealkylation sites (tertiary alicyclic amines) is 1. The van der Waals surface area contributed by atoms with E-state index in [0.29, 0.717) is 13.0 Å². The molecular weight excluding hydrogens is 302 g/mol. The number of carbonyl (C=O) groups is 2. The highest BCUT2D eigenvalue weighted by Gasteiger charge is 2.25. The second-order valence-electron chi connectivity index (χ2n) is 6.54. The Hall–Kier alpha value is -2.32. The van der Waals surface area contributed by atoms with Crippen LogP contribution >= 0.6 is 0 Å². The second-order valence-corrected chi connectivity index (χ2v) is 6.54. The van der Waals surface area contributed by atoms with Crippen molar-refractivity contribution in [3.05, 3.63) is 23.8 Å². The Balaban J connectivity index is 1.62. The molecule has 2 amide bonds. The van der Waals surface area contributed by atoms with Crippen molar-refractivity contribution in [2.24, 2.45) is 5.92 Å². The van der Waals surface area contributed by atoms with Gasteiger partial charge in [0.1, 0.15) is 0 Å². The zero-order valence-corrected chi connectivity index (χ0v) is 14.0. The summed E-state index contributed by atoms with van der Waals surface area (Å²) in [6, 6.07) is 5.78. The van der Waals surface area contributed by atoms with E-state index < -0.39 is 0 Å². The van der Waals surface area contributed by atoms with E-state index in [-0.39, 0.29) is 17.7 Å². The molecular formula is C19H23N3O2. The van der Waals surface area contributed by atoms with Crippen molar-refractivity contribution in [1.29, 1.82) is 0 Å². The Labute approximate surface area is 143 Å². The van der Waals surface area contributed by atoms with Crippen LogP contribution in [-0.2, 0) is 16.0 Å². The zero-order chi connectivity index (χ0) is 17.1. The van der Waals surface area contributed by atoms with Gasteiger partial charge in [-0.3, -0.25) is 14.5 Å². The number of amides is 2. The normalized spacial score (nSPS) is 18.8. The highest BCUT2D eigenvalue weighted by Crippen LogP contribution is 2.29. The minimum atomic E-state index is 0.0410. The number of hydrogen-bond acceptors (Lipinski definition) is 3. The fourth-order valence-electron chi connectivity index (χ4n) is 3.46. The maximum Gasteiger partial charge on any atom is 0.227 e. The van der Waals surface area contributed by atoms with Gasteiger partial charge < -0.3 is 10.2 Å². The number of piperidine rings is 1. The van der Waals surface area contributed by atoms with Crippen molar-refractivity contribution in [3.8, 4) is 12.3 Å². The lowest BCUT2D eigenvalue weighted by atomic mass is 9.95. The minimum absolute atomic E-state index is 0.0410. The number of carbonyl (C=O) groups excluding carboxylic acids is 2. The van der Waals surface area contributed by atoms with Gasteiger partial charge in [0.2, 0.25) is 11.8 Å². The van der Waals surface area contributed by atoms with Crippen LogP contribution in [0, 0.1) is 18.3 Å². The van der Waals surface area contributed by atoms with Gasteiger partial charge in [-0.2, -0.15) is 0 Å². The van der Waals surface area contributed by atoms with Crippen LogP contribution in [0.3, 0.4) is 0 Å². The quantitative estimate of drug-likeness (QED) is 0.864. The molecule has 0 aliphatic carbocycles. The molecule has 3 rings (SSSR count). The number of hydrogen-bond donors (Lipinski definition) is 1. The molecule has 2 aliphatic heterocycles. The van der Waals surface area contributed by atoms with Crippen LogP contribution in [0.4, 0.5) is 11.4 Å². The number of anilines is 2. The van der Waals surface area contributed by atoms with Crippen molar-refractivity contribution < 1.29 is 9.59 Å². The molecule has 1 aromatic rings. The molecule has 0 radical (unpaired) electrons. The Kier molecular flexibility index (Phi) is 4.86. The summed E-state index contributed by atoms with van der Waals surface area (Å²) in [6.07, 6.45) is 8.27. The first kappa shape index (κ1) is 16.5. The summed E-state index contributed by atoms with van der Waals surface area (Å²) < 4.78 is 0. The van der Waals surface area contributed by atoms with Crippen molar-refractivity contribution in [2.75, 3.05) is 36.9 Å². The van der Waals surface area contributed by atoms with Crippen LogP contribution in [-0.4, -0.2) is 43.4 Å². The third-order valence-corrected chi connectivity index (χ3v) is 4.96. The van der Waals surface area contributed by atoms with Gasteiger partial charge in [0.15, 0.2) is 0 Å². The molecule has 1 fully saturated rings. The Morgan fingerprint density at radius 3 is 2.79 bits per heavy atom. The lowest BCUT2D eigenvalue weighted by molar-refractivity contribution is -0.121. The van der Waals surface area contributed by atoms with E-state index in [1.54, 1.807) is 11.9 Å². The van der Waals surface area contributed by atoms with Crippen molar-refractivity contribution in [2.45, 2.75) is 25.7 Å². The maximum absolute atomic E-state index is 12.5. The number of nitrogens with one attached hydrogen (secondary N) is 1. The average molecular weight is 325 g/mol. The van der Waals surface area contributed by atoms with E-state index in [0.717, 1.165) is 49.3 Å². The smallest absolute Gasteiger partial charge is 0.227 e. The van der Waals surface area contributed by atoms with Gasteiger partial charge in [0.25, 0.3) is 0 Å². The van der Waals surface area contributed by atoms with Crippen LogP contribution in [0.5, 0.6) is 0 Å². The van der Waals surface area contributed by atoms with Gasteiger partial charge in [0.05, 0.1) is 6.54 Å². The summed E-state index contributed by atoms with van der Waals surface area (Å²) in [4.78, 5) is 28.1. The summed E-state index contributed by atoms with van der Waals surface area (Å²) in [6.45, 7) is 2.41. The van der Waals surface area contributed by atoms with Crippen LogP contribution in [0.25, 0.3) is 0 Å². The average Bonchev–Trinajstić information content (AvgIpc) is 2.59. The van der Waals surface area contributed by atoms with E-state index in [2.05, 4.69) is 16.1 Å². The first-order valence-electron chi connectivity index (χ1n) is 8.44. The molecule has 5 heteroatoms. The predicted molar refractivity (Wildman–Crippen MR) is 94.8 cm³/mol. The van der Waals surface area contributed by atoms with Crippen LogP contribution < -0.4 is 10.2 Å². The van der Waals surface area contributed by atoms with Crippen LogP contribution in [0.1, 0.15) is 24.8 Å². The fraction of sp³-hybridized carbons (Fsp3) is 0.474. The third-order valence-electron chi connectivity index (χ3n) is 4.96. The van der Waals surface area contributed by atoms with Crippen molar-refractivity contribution in [3.63, 3.8) is 0 Å². The van der Waals surface area contributed by atoms with E-state index in [9.17, 15) is 9.59 Å². The molecule has 126 valence electrons. The fourth-order valence-corrected chi connectivity index (χ4v) is 3.46. The monoisotopic (exact) mass is 325 g/mol. The van der Waals surface area contributed by atoms with E-state index >= 15 is 0 Å². The highest BCUT2D eigenvalue weighted by molar-refractivity contribution is 5.97. The molecule has 5 nitrogen and oxygen atoms in total. The molecule has 0 bridgehead atoms. The number of terminal acetylenes is 1. The van der Waals surface area contributed by atoms with Crippen molar-refractivity contribution in [1.82, 2.24) is 4.90 Å². The number of aryl methyl sites for hydroxylation is 1. The first-order chi connectivity index (χ1) is 11.6. The standard InChI is InChI=1S/C19H23N3O2/c1-3-10-22-11-8-14(9-12-22)19(24)20-16-5-6-17-15(13-16)4-7-18(23)21(17)2/h1,5-6,13-14H,4,7-12H2,2H3,(H,20,24). The lowest BCUT2D eigenvalue weighted by Gasteiger charge is -2.30. The van der Waals surface area contributed by atoms with E-state index in [1.165, 1.54) is 0 Å². The number of rotatable bonds is 3. The lowest BCUT2D eigenvalue weighted by Crippen LogP contribution is -2.38. The van der Waals surface area contributed by atoms with Crippen molar-refractivity contribution >= 4 is 23.2 Å². The predicted octanol–water partition coefficient (Wildman–Crippen LogP) is 1.88. The number of fused-ring (bicyclic) bond motifs is 1. The molecule has 2 aliphatic rings. The molecule has 0 spiro atoms.